The van der Waals surface area contributed by atoms with Crippen LogP contribution in [0.2, 0.25) is 0 Å². The van der Waals surface area contributed by atoms with E-state index in [0.29, 0.717) is 35.2 Å². The summed E-state index contributed by atoms with van der Waals surface area (Å²) in [6.07, 6.45) is 7.45. The highest BCUT2D eigenvalue weighted by Gasteiger charge is 2.32. The second-order valence-electron chi connectivity index (χ2n) is 8.58. The van der Waals surface area contributed by atoms with E-state index in [9.17, 15) is 9.90 Å². The zero-order valence-electron chi connectivity index (χ0n) is 18.1. The van der Waals surface area contributed by atoms with E-state index in [0.717, 1.165) is 42.4 Å². The van der Waals surface area contributed by atoms with Crippen LogP contribution >= 0.6 is 0 Å². The molecule has 1 saturated heterocycles. The largest absolute Gasteiger partial charge is 0.507 e. The van der Waals surface area contributed by atoms with Crippen LogP contribution < -0.4 is 4.74 Å². The van der Waals surface area contributed by atoms with E-state index < -0.39 is 0 Å². The van der Waals surface area contributed by atoms with E-state index in [1.165, 1.54) is 6.42 Å². The molecule has 3 heterocycles. The SMILES string of the molecule is CCn1cc(/C=C2/Oc3c(ccc(O)c3CN3CCCC[C@H]3C)C2=O)c2ccccc21. The average Bonchev–Trinajstić information content (AvgIpc) is 3.29. The van der Waals surface area contributed by atoms with Crippen LogP contribution in [0.4, 0.5) is 0 Å². The number of ether oxygens (including phenoxy) is 1. The number of fused-ring (bicyclic) bond motifs is 2. The molecule has 5 nitrogen and oxygen atoms in total. The van der Waals surface area contributed by atoms with Gasteiger partial charge in [-0.1, -0.05) is 24.6 Å². The molecule has 0 bridgehead atoms. The number of allylic oxidation sites excluding steroid dienone is 1. The zero-order chi connectivity index (χ0) is 21.5. The first-order valence-electron chi connectivity index (χ1n) is 11.2. The number of hydrogen-bond donors (Lipinski definition) is 1. The van der Waals surface area contributed by atoms with Crippen molar-refractivity contribution in [2.45, 2.75) is 52.2 Å². The molecule has 0 amide bonds. The van der Waals surface area contributed by atoms with E-state index in [1.807, 2.05) is 18.2 Å². The monoisotopic (exact) mass is 416 g/mol. The number of likely N-dealkylation sites (tertiary alicyclic amines) is 1. The fraction of sp³-hybridized carbons (Fsp3) is 0.346. The number of nitrogens with zero attached hydrogens (tertiary/aromatic N) is 2. The van der Waals surface area contributed by atoms with E-state index in [-0.39, 0.29) is 11.5 Å². The molecule has 2 aliphatic heterocycles. The molecule has 3 aromatic rings. The van der Waals surface area contributed by atoms with E-state index in [2.05, 4.69) is 41.6 Å². The van der Waals surface area contributed by atoms with Crippen molar-refractivity contribution in [1.82, 2.24) is 9.47 Å². The summed E-state index contributed by atoms with van der Waals surface area (Å²) in [5.41, 5.74) is 3.34. The van der Waals surface area contributed by atoms with Gasteiger partial charge in [-0.15, -0.1) is 0 Å². The Labute approximate surface area is 182 Å². The Hall–Kier alpha value is -3.05. The first kappa shape index (κ1) is 19.9. The van der Waals surface area contributed by atoms with Crippen molar-refractivity contribution in [1.29, 1.82) is 0 Å². The van der Waals surface area contributed by atoms with E-state index >= 15 is 0 Å². The van der Waals surface area contributed by atoms with Crippen LogP contribution in [0, 0.1) is 0 Å². The minimum absolute atomic E-state index is 0.128. The number of piperidine rings is 1. The Morgan fingerprint density at radius 3 is 2.84 bits per heavy atom. The molecule has 5 rings (SSSR count). The highest BCUT2D eigenvalue weighted by Crippen LogP contribution is 2.41. The lowest BCUT2D eigenvalue weighted by atomic mass is 10.0. The molecule has 31 heavy (non-hydrogen) atoms. The number of ketones is 1. The molecule has 160 valence electrons. The Morgan fingerprint density at radius 2 is 2.03 bits per heavy atom. The number of carbonyl (C=O) groups is 1. The van der Waals surface area contributed by atoms with Crippen LogP contribution in [0.3, 0.4) is 0 Å². The quantitative estimate of drug-likeness (QED) is 0.582. The van der Waals surface area contributed by atoms with Gasteiger partial charge < -0.3 is 14.4 Å². The lowest BCUT2D eigenvalue weighted by Crippen LogP contribution is -2.36. The number of hydrogen-bond acceptors (Lipinski definition) is 4. The number of aromatic hydroxyl groups is 1. The number of benzene rings is 2. The third kappa shape index (κ3) is 3.43. The molecule has 0 aliphatic carbocycles. The zero-order valence-corrected chi connectivity index (χ0v) is 18.1. The highest BCUT2D eigenvalue weighted by atomic mass is 16.5. The van der Waals surface area contributed by atoms with Crippen LogP contribution in [0.15, 0.2) is 48.4 Å². The fourth-order valence-corrected chi connectivity index (χ4v) is 4.84. The third-order valence-corrected chi connectivity index (χ3v) is 6.66. The predicted octanol–water partition coefficient (Wildman–Crippen LogP) is 5.36. The normalized spacial score (nSPS) is 20.4. The topological polar surface area (TPSA) is 54.7 Å². The minimum atomic E-state index is -0.128. The van der Waals surface area contributed by atoms with Crippen molar-refractivity contribution in [3.63, 3.8) is 0 Å². The van der Waals surface area contributed by atoms with Crippen molar-refractivity contribution in [3.8, 4) is 11.5 Å². The van der Waals surface area contributed by atoms with Gasteiger partial charge in [0.25, 0.3) is 0 Å². The molecule has 1 aromatic heterocycles. The standard InChI is InChI=1S/C26H28N2O3/c1-3-27-15-18(19-9-4-5-10-22(19)27)14-24-25(30)20-11-12-23(29)21(26(20)31-24)16-28-13-7-6-8-17(28)2/h4-5,9-12,14-15,17,29H,3,6-8,13,16H2,1-2H3/b24-14+/t17-/m1/s1. The second kappa shape index (κ2) is 7.89. The second-order valence-corrected chi connectivity index (χ2v) is 8.58. The van der Waals surface area contributed by atoms with Gasteiger partial charge in [-0.3, -0.25) is 9.69 Å². The van der Waals surface area contributed by atoms with E-state index in [4.69, 9.17) is 4.74 Å². The van der Waals surface area contributed by atoms with Gasteiger partial charge in [-0.2, -0.15) is 0 Å². The average molecular weight is 417 g/mol. The van der Waals surface area contributed by atoms with Crippen molar-refractivity contribution in [3.05, 3.63) is 65.0 Å². The van der Waals surface area contributed by atoms with Gasteiger partial charge in [0.1, 0.15) is 11.5 Å². The summed E-state index contributed by atoms with van der Waals surface area (Å²) in [6.45, 7) is 6.77. The number of carbonyl (C=O) groups excluding carboxylic acids is 1. The number of phenols is 1. The summed E-state index contributed by atoms with van der Waals surface area (Å²) in [4.78, 5) is 15.5. The number of rotatable bonds is 4. The van der Waals surface area contributed by atoms with Crippen molar-refractivity contribution in [2.75, 3.05) is 6.54 Å². The first-order chi connectivity index (χ1) is 15.1. The Bertz CT molecular complexity index is 1190. The van der Waals surface area contributed by atoms with Crippen molar-refractivity contribution < 1.29 is 14.6 Å². The number of aryl methyl sites for hydroxylation is 1. The molecule has 1 fully saturated rings. The van der Waals surface area contributed by atoms with Crippen molar-refractivity contribution in [2.24, 2.45) is 0 Å². The van der Waals surface area contributed by atoms with Crippen LogP contribution in [0.1, 0.15) is 54.6 Å². The molecular weight excluding hydrogens is 388 g/mol. The van der Waals surface area contributed by atoms with Gasteiger partial charge in [0.2, 0.25) is 5.78 Å². The summed E-state index contributed by atoms with van der Waals surface area (Å²) >= 11 is 0. The van der Waals surface area contributed by atoms with Gasteiger partial charge in [-0.05, 0) is 57.5 Å². The van der Waals surface area contributed by atoms with E-state index in [1.54, 1.807) is 12.1 Å². The highest BCUT2D eigenvalue weighted by molar-refractivity contribution is 6.15. The maximum Gasteiger partial charge on any atom is 0.231 e. The van der Waals surface area contributed by atoms with Crippen LogP contribution in [-0.4, -0.2) is 32.9 Å². The molecule has 1 N–H and O–H groups in total. The summed E-state index contributed by atoms with van der Waals surface area (Å²) < 4.78 is 8.29. The van der Waals surface area contributed by atoms with Crippen LogP contribution in [-0.2, 0) is 13.1 Å². The Kier molecular flexibility index (Phi) is 5.06. The maximum absolute atomic E-state index is 13.1. The molecule has 0 spiro atoms. The smallest absolute Gasteiger partial charge is 0.231 e. The predicted molar refractivity (Wildman–Crippen MR) is 122 cm³/mol. The summed E-state index contributed by atoms with van der Waals surface area (Å²) in [5.74, 6) is 0.880. The van der Waals surface area contributed by atoms with Gasteiger partial charge in [0, 0.05) is 41.8 Å². The van der Waals surface area contributed by atoms with Crippen LogP contribution in [0.25, 0.3) is 17.0 Å². The van der Waals surface area contributed by atoms with Crippen molar-refractivity contribution >= 4 is 22.8 Å². The first-order valence-corrected chi connectivity index (χ1v) is 11.2. The van der Waals surface area contributed by atoms with Gasteiger partial charge in [0.05, 0.1) is 11.1 Å². The Balaban J connectivity index is 1.52. The molecule has 2 aromatic carbocycles. The Morgan fingerprint density at radius 1 is 1.19 bits per heavy atom. The molecule has 0 saturated carbocycles. The van der Waals surface area contributed by atoms with Gasteiger partial charge >= 0.3 is 0 Å². The third-order valence-electron chi connectivity index (χ3n) is 6.66. The maximum atomic E-state index is 13.1. The molecule has 0 unspecified atom stereocenters. The molecule has 0 radical (unpaired) electrons. The van der Waals surface area contributed by atoms with Gasteiger partial charge in [0.15, 0.2) is 5.76 Å². The number of para-hydroxylation sites is 1. The summed E-state index contributed by atoms with van der Waals surface area (Å²) in [6, 6.07) is 11.9. The molecule has 5 heteroatoms. The van der Waals surface area contributed by atoms with Gasteiger partial charge in [-0.25, -0.2) is 0 Å². The lowest BCUT2D eigenvalue weighted by Gasteiger charge is -2.33. The molecule has 1 atom stereocenters. The molecule has 2 aliphatic rings. The lowest BCUT2D eigenvalue weighted by molar-refractivity contribution is 0.101. The summed E-state index contributed by atoms with van der Waals surface area (Å²) in [5, 5.41) is 11.7. The number of Topliss-reactive ketones (excluding diaryl/α,β-unsaturated/α-hetero) is 1. The number of aromatic nitrogens is 1. The fourth-order valence-electron chi connectivity index (χ4n) is 4.84. The minimum Gasteiger partial charge on any atom is -0.507 e. The number of phenolic OH excluding ortho intramolecular Hbond substituents is 1. The summed E-state index contributed by atoms with van der Waals surface area (Å²) in [7, 11) is 0. The molecular formula is C26H28N2O3. The van der Waals surface area contributed by atoms with Crippen LogP contribution in [0.5, 0.6) is 11.5 Å².